The first-order chi connectivity index (χ1) is 11.6. The lowest BCUT2D eigenvalue weighted by Crippen LogP contribution is -2.53. The highest BCUT2D eigenvalue weighted by molar-refractivity contribution is 7.05. The smallest absolute Gasteiger partial charge is 0.254 e. The Morgan fingerprint density at radius 2 is 1.56 bits per heavy atom. The largest absolute Gasteiger partial charge is 0.494 e. The number of benzene rings is 2. The van der Waals surface area contributed by atoms with Crippen LogP contribution in [0.5, 0.6) is 5.75 Å². The van der Waals surface area contributed by atoms with Crippen LogP contribution in [0.4, 0.5) is 11.4 Å². The van der Waals surface area contributed by atoms with Crippen LogP contribution in [0.25, 0.3) is 0 Å². The van der Waals surface area contributed by atoms with E-state index in [9.17, 15) is 4.79 Å². The molecule has 4 N–H and O–H groups in total. The first-order valence-electron chi connectivity index (χ1n) is 8.18. The second kappa shape index (κ2) is 7.42. The fraction of sp³-hybridized carbons (Fsp3) is 0.278. The highest BCUT2D eigenvalue weighted by Crippen LogP contribution is 2.22. The maximum Gasteiger partial charge on any atom is 0.254 e. The molecule has 0 fully saturated rings. The molecule has 2 aromatic carbocycles. The van der Waals surface area contributed by atoms with Gasteiger partial charge in [-0.3, -0.25) is 4.79 Å². The van der Waals surface area contributed by atoms with E-state index in [0.717, 1.165) is 0 Å². The van der Waals surface area contributed by atoms with Crippen molar-refractivity contribution in [2.75, 3.05) is 17.7 Å². The molecular formula is C18H26N2O3Si2. The third kappa shape index (κ3) is 5.45. The van der Waals surface area contributed by atoms with Gasteiger partial charge in [0.05, 0.1) is 0 Å². The van der Waals surface area contributed by atoms with Crippen molar-refractivity contribution in [3.05, 3.63) is 54.1 Å². The van der Waals surface area contributed by atoms with Crippen molar-refractivity contribution >= 4 is 33.4 Å². The van der Waals surface area contributed by atoms with Gasteiger partial charge in [0, 0.05) is 23.0 Å². The molecule has 0 aliphatic rings. The van der Waals surface area contributed by atoms with E-state index in [-0.39, 0.29) is 5.41 Å². The Balaban J connectivity index is 2.05. The lowest BCUT2D eigenvalue weighted by molar-refractivity contribution is 0.105. The summed E-state index contributed by atoms with van der Waals surface area (Å²) in [5, 5.41) is 0.0457. The van der Waals surface area contributed by atoms with Crippen molar-refractivity contribution in [1.82, 2.24) is 0 Å². The van der Waals surface area contributed by atoms with Crippen LogP contribution in [0.3, 0.4) is 0 Å². The Labute approximate surface area is 151 Å². The molecule has 0 spiro atoms. The standard InChI is InChI=1S/C18H26N2O3Si2/c1-24(2,13-22-17-10-6-9-16(20)12-17)23-25(3,4)18(21)14-7-5-8-15(19)11-14/h5-12H,13,19-20H2,1-4H3. The summed E-state index contributed by atoms with van der Waals surface area (Å²) in [6, 6.07) is 14.4. The normalized spacial score (nSPS) is 12.0. The molecule has 0 radical (unpaired) electrons. The number of hydrogen-bond donors (Lipinski definition) is 2. The molecule has 7 heteroatoms. The highest BCUT2D eigenvalue weighted by atomic mass is 28.4. The van der Waals surface area contributed by atoms with Crippen molar-refractivity contribution < 1.29 is 13.6 Å². The third-order valence-electron chi connectivity index (χ3n) is 3.67. The number of carbonyl (C=O) groups is 1. The molecule has 0 amide bonds. The van der Waals surface area contributed by atoms with Gasteiger partial charge in [0.2, 0.25) is 8.32 Å². The van der Waals surface area contributed by atoms with Gasteiger partial charge in [-0.05, 0) is 50.5 Å². The zero-order valence-electron chi connectivity index (χ0n) is 15.2. The summed E-state index contributed by atoms with van der Waals surface area (Å²) < 4.78 is 12.2. The predicted molar refractivity (Wildman–Crippen MR) is 108 cm³/mol. The Hall–Kier alpha value is -2.10. The van der Waals surface area contributed by atoms with Crippen LogP contribution in [0.1, 0.15) is 10.4 Å². The lowest BCUT2D eigenvalue weighted by atomic mass is 10.2. The zero-order valence-corrected chi connectivity index (χ0v) is 17.2. The summed E-state index contributed by atoms with van der Waals surface area (Å²) >= 11 is 0. The number of ether oxygens (including phenoxy) is 1. The summed E-state index contributed by atoms with van der Waals surface area (Å²) in [4.78, 5) is 12.9. The number of nitrogens with two attached hydrogens (primary N) is 2. The second-order valence-corrected chi connectivity index (χ2v) is 15.3. The van der Waals surface area contributed by atoms with E-state index in [4.69, 9.17) is 20.3 Å². The first kappa shape index (κ1) is 19.2. The minimum atomic E-state index is -2.59. The van der Waals surface area contributed by atoms with E-state index in [1.807, 2.05) is 31.3 Å². The summed E-state index contributed by atoms with van der Waals surface area (Å²) in [5.41, 5.74) is 13.4. The summed E-state index contributed by atoms with van der Waals surface area (Å²) in [7, 11) is -4.79. The van der Waals surface area contributed by atoms with E-state index < -0.39 is 16.6 Å². The molecular weight excluding hydrogens is 348 g/mol. The first-order valence-corrected chi connectivity index (χ1v) is 14.2. The average molecular weight is 375 g/mol. The third-order valence-corrected chi connectivity index (χ3v) is 10.1. The van der Waals surface area contributed by atoms with Gasteiger partial charge < -0.3 is 20.3 Å². The molecule has 0 saturated carbocycles. The van der Waals surface area contributed by atoms with Gasteiger partial charge in [-0.1, -0.05) is 18.2 Å². The molecule has 0 bridgehead atoms. The van der Waals surface area contributed by atoms with Crippen LogP contribution < -0.4 is 16.2 Å². The van der Waals surface area contributed by atoms with E-state index in [0.29, 0.717) is 28.9 Å². The topological polar surface area (TPSA) is 87.6 Å². The maximum atomic E-state index is 12.9. The van der Waals surface area contributed by atoms with E-state index >= 15 is 0 Å². The number of hydrogen-bond acceptors (Lipinski definition) is 5. The van der Waals surface area contributed by atoms with Crippen molar-refractivity contribution in [3.63, 3.8) is 0 Å². The summed E-state index contributed by atoms with van der Waals surface area (Å²) in [6.45, 7) is 7.96. The molecule has 0 atom stereocenters. The predicted octanol–water partition coefficient (Wildman–Crippen LogP) is 3.62. The molecule has 0 aliphatic carbocycles. The van der Waals surface area contributed by atoms with Crippen molar-refractivity contribution in [3.8, 4) is 5.75 Å². The molecule has 0 unspecified atom stereocenters. The molecule has 0 saturated heterocycles. The van der Waals surface area contributed by atoms with Crippen molar-refractivity contribution in [1.29, 1.82) is 0 Å². The van der Waals surface area contributed by atoms with E-state index in [1.165, 1.54) is 0 Å². The monoisotopic (exact) mass is 374 g/mol. The summed E-state index contributed by atoms with van der Waals surface area (Å²) in [6.07, 6.45) is 0.455. The maximum absolute atomic E-state index is 12.9. The number of rotatable bonds is 7. The van der Waals surface area contributed by atoms with Gasteiger partial charge in [0.1, 0.15) is 12.0 Å². The molecule has 5 nitrogen and oxygen atoms in total. The highest BCUT2D eigenvalue weighted by Gasteiger charge is 2.40. The number of carbonyl (C=O) groups excluding carboxylic acids is 1. The van der Waals surface area contributed by atoms with Crippen LogP contribution in [0, 0.1) is 0 Å². The average Bonchev–Trinajstić information content (AvgIpc) is 2.51. The minimum absolute atomic E-state index is 0.0457. The Morgan fingerprint density at radius 1 is 0.960 bits per heavy atom. The van der Waals surface area contributed by atoms with Crippen LogP contribution in [-0.4, -0.2) is 28.3 Å². The van der Waals surface area contributed by atoms with Gasteiger partial charge in [0.25, 0.3) is 8.32 Å². The lowest BCUT2D eigenvalue weighted by Gasteiger charge is -2.32. The molecule has 25 heavy (non-hydrogen) atoms. The Kier molecular flexibility index (Phi) is 5.71. The van der Waals surface area contributed by atoms with Crippen LogP contribution >= 0.6 is 0 Å². The molecule has 134 valence electrons. The molecule has 0 aliphatic heterocycles. The summed E-state index contributed by atoms with van der Waals surface area (Å²) in [5.74, 6) is 0.714. The van der Waals surface area contributed by atoms with Crippen molar-refractivity contribution in [2.45, 2.75) is 26.2 Å². The second-order valence-electron chi connectivity index (χ2n) is 7.19. The molecule has 2 rings (SSSR count). The van der Waals surface area contributed by atoms with Crippen molar-refractivity contribution in [2.24, 2.45) is 0 Å². The number of anilines is 2. The number of nitrogen functional groups attached to an aromatic ring is 2. The zero-order chi connectivity index (χ0) is 18.7. The van der Waals surface area contributed by atoms with Crippen LogP contribution in [-0.2, 0) is 4.12 Å². The van der Waals surface area contributed by atoms with Gasteiger partial charge in [0.15, 0.2) is 5.41 Å². The Morgan fingerprint density at radius 3 is 2.16 bits per heavy atom. The quantitative estimate of drug-likeness (QED) is 0.571. The molecule has 0 heterocycles. The Bertz CT molecular complexity index is 763. The molecule has 0 aromatic heterocycles. The van der Waals surface area contributed by atoms with Crippen LogP contribution in [0.15, 0.2) is 48.5 Å². The van der Waals surface area contributed by atoms with Gasteiger partial charge in [-0.2, -0.15) is 0 Å². The van der Waals surface area contributed by atoms with Gasteiger partial charge >= 0.3 is 0 Å². The fourth-order valence-corrected chi connectivity index (χ4v) is 10.2. The van der Waals surface area contributed by atoms with E-state index in [1.54, 1.807) is 30.3 Å². The van der Waals surface area contributed by atoms with Gasteiger partial charge in [-0.25, -0.2) is 0 Å². The minimum Gasteiger partial charge on any atom is -0.494 e. The SMILES string of the molecule is C[Si](C)(COc1cccc(N)c1)O[Si](C)(C)C(=O)c1cccc(N)c1. The van der Waals surface area contributed by atoms with E-state index in [2.05, 4.69) is 13.1 Å². The fourth-order valence-electron chi connectivity index (χ4n) is 2.66. The van der Waals surface area contributed by atoms with Crippen LogP contribution in [0.2, 0.25) is 26.2 Å². The van der Waals surface area contributed by atoms with Gasteiger partial charge in [-0.15, -0.1) is 0 Å². The molecule has 2 aromatic rings.